The molecule has 4 heterocycles. The number of aliphatic carboxylic acids is 1. The first-order chi connectivity index (χ1) is 14.5. The van der Waals surface area contributed by atoms with Gasteiger partial charge in [-0.2, -0.15) is 13.2 Å². The lowest BCUT2D eigenvalue weighted by atomic mass is 10.1. The van der Waals surface area contributed by atoms with Crippen LogP contribution in [0.15, 0.2) is 35.0 Å². The molecule has 4 rings (SSSR count). The minimum Gasteiger partial charge on any atom is -0.475 e. The average molecular weight is 439 g/mol. The molecule has 0 radical (unpaired) electrons. The SMILES string of the molecule is Cc1cc(C(=O)N2CC[C@H]3[C@H]2CC(=O)N3c2cccnc2)c(C)o1.O=C(O)C(F)(F)F. The third-order valence-electron chi connectivity index (χ3n) is 5.19. The van der Waals surface area contributed by atoms with Gasteiger partial charge in [-0.05, 0) is 38.5 Å². The maximum atomic E-state index is 12.9. The molecule has 11 heteroatoms. The van der Waals surface area contributed by atoms with Gasteiger partial charge in [-0.1, -0.05) is 0 Å². The van der Waals surface area contributed by atoms with E-state index in [2.05, 4.69) is 4.98 Å². The number of anilines is 1. The number of furan rings is 1. The lowest BCUT2D eigenvalue weighted by molar-refractivity contribution is -0.192. The van der Waals surface area contributed by atoms with Crippen molar-refractivity contribution < 1.29 is 37.1 Å². The van der Waals surface area contributed by atoms with Gasteiger partial charge in [0.15, 0.2) is 0 Å². The van der Waals surface area contributed by atoms with Crippen LogP contribution in [0.5, 0.6) is 0 Å². The van der Waals surface area contributed by atoms with Gasteiger partial charge < -0.3 is 19.3 Å². The Morgan fingerprint density at radius 1 is 1.26 bits per heavy atom. The number of carbonyl (C=O) groups excluding carboxylic acids is 2. The summed E-state index contributed by atoms with van der Waals surface area (Å²) in [7, 11) is 0. The summed E-state index contributed by atoms with van der Waals surface area (Å²) in [5.74, 6) is -1.39. The third-order valence-corrected chi connectivity index (χ3v) is 5.19. The quantitative estimate of drug-likeness (QED) is 0.772. The van der Waals surface area contributed by atoms with Crippen LogP contribution in [0.3, 0.4) is 0 Å². The summed E-state index contributed by atoms with van der Waals surface area (Å²) in [6.07, 6.45) is -0.543. The Bertz CT molecular complexity index is 990. The van der Waals surface area contributed by atoms with E-state index in [0.29, 0.717) is 24.3 Å². The number of carboxylic acids is 1. The topological polar surface area (TPSA) is 104 Å². The Kier molecular flexibility index (Phi) is 6.05. The summed E-state index contributed by atoms with van der Waals surface area (Å²) in [5.41, 5.74) is 1.40. The molecule has 166 valence electrons. The molecule has 0 aromatic carbocycles. The number of hydrogen-bond acceptors (Lipinski definition) is 5. The largest absolute Gasteiger partial charge is 0.490 e. The van der Waals surface area contributed by atoms with E-state index in [9.17, 15) is 22.8 Å². The van der Waals surface area contributed by atoms with Crippen molar-refractivity contribution in [2.45, 2.75) is 44.9 Å². The van der Waals surface area contributed by atoms with E-state index in [4.69, 9.17) is 14.3 Å². The van der Waals surface area contributed by atoms with Crippen molar-refractivity contribution >= 4 is 23.5 Å². The molecular formula is C20H20F3N3O5. The minimum absolute atomic E-state index is 0.0268. The molecule has 2 atom stereocenters. The first-order valence-corrected chi connectivity index (χ1v) is 9.41. The maximum Gasteiger partial charge on any atom is 0.490 e. The van der Waals surface area contributed by atoms with Crippen LogP contribution in [0.1, 0.15) is 34.7 Å². The Morgan fingerprint density at radius 2 is 1.94 bits per heavy atom. The highest BCUT2D eigenvalue weighted by atomic mass is 19.4. The molecule has 8 nitrogen and oxygen atoms in total. The number of halogens is 3. The maximum absolute atomic E-state index is 12.9. The summed E-state index contributed by atoms with van der Waals surface area (Å²) in [5, 5.41) is 7.12. The summed E-state index contributed by atoms with van der Waals surface area (Å²) >= 11 is 0. The van der Waals surface area contributed by atoms with Crippen LogP contribution >= 0.6 is 0 Å². The molecule has 0 spiro atoms. The lowest BCUT2D eigenvalue weighted by Crippen LogP contribution is -2.40. The number of hydrogen-bond donors (Lipinski definition) is 1. The van der Waals surface area contributed by atoms with E-state index in [1.54, 1.807) is 30.3 Å². The van der Waals surface area contributed by atoms with E-state index in [0.717, 1.165) is 17.9 Å². The average Bonchev–Trinajstić information content (AvgIpc) is 3.34. The van der Waals surface area contributed by atoms with Crippen molar-refractivity contribution in [3.05, 3.63) is 47.7 Å². The monoisotopic (exact) mass is 439 g/mol. The van der Waals surface area contributed by atoms with Crippen molar-refractivity contribution in [3.63, 3.8) is 0 Å². The second kappa shape index (κ2) is 8.40. The Morgan fingerprint density at radius 3 is 2.45 bits per heavy atom. The van der Waals surface area contributed by atoms with Gasteiger partial charge in [0.2, 0.25) is 5.91 Å². The van der Waals surface area contributed by atoms with Gasteiger partial charge in [0.05, 0.1) is 29.5 Å². The highest BCUT2D eigenvalue weighted by molar-refractivity contribution is 6.00. The number of aromatic nitrogens is 1. The molecule has 2 fully saturated rings. The molecule has 2 amide bonds. The van der Waals surface area contributed by atoms with Gasteiger partial charge in [-0.15, -0.1) is 0 Å². The fourth-order valence-electron chi connectivity index (χ4n) is 3.93. The number of amides is 2. The highest BCUT2D eigenvalue weighted by Gasteiger charge is 2.49. The standard InChI is InChI=1S/C18H19N3O3.C2HF3O2/c1-11-8-14(12(2)24-11)18(23)20-7-5-15-16(20)9-17(22)21(15)13-4-3-6-19-10-13;3-2(4,5)1(6)7/h3-4,6,8,10,15-16H,5,7,9H2,1-2H3;(H,6,7)/t15-,16+;/m0./s1. The first-order valence-electron chi connectivity index (χ1n) is 9.41. The number of pyridine rings is 1. The molecule has 1 N–H and O–H groups in total. The van der Waals surface area contributed by atoms with Gasteiger partial charge in [-0.3, -0.25) is 14.6 Å². The predicted molar refractivity (Wildman–Crippen MR) is 101 cm³/mol. The van der Waals surface area contributed by atoms with Crippen molar-refractivity contribution in [2.24, 2.45) is 0 Å². The van der Waals surface area contributed by atoms with E-state index >= 15 is 0 Å². The number of likely N-dealkylation sites (tertiary alicyclic amines) is 1. The fraction of sp³-hybridized carbons (Fsp3) is 0.400. The molecule has 2 aliphatic heterocycles. The Labute approximate surface area is 175 Å². The molecule has 0 saturated carbocycles. The van der Waals surface area contributed by atoms with Crippen LogP contribution in [0.25, 0.3) is 0 Å². The Hall–Kier alpha value is -3.37. The second-order valence-electron chi connectivity index (χ2n) is 7.23. The summed E-state index contributed by atoms with van der Waals surface area (Å²) in [6.45, 7) is 4.29. The van der Waals surface area contributed by atoms with Crippen LogP contribution < -0.4 is 4.90 Å². The molecule has 0 unspecified atom stereocenters. The van der Waals surface area contributed by atoms with Gasteiger partial charge in [-0.25, -0.2) is 4.79 Å². The summed E-state index contributed by atoms with van der Waals surface area (Å²) < 4.78 is 37.2. The smallest absolute Gasteiger partial charge is 0.475 e. The number of carboxylic acid groups (broad SMARTS) is 1. The van der Waals surface area contributed by atoms with Gasteiger partial charge in [0.25, 0.3) is 5.91 Å². The molecular weight excluding hydrogens is 419 g/mol. The van der Waals surface area contributed by atoms with E-state index < -0.39 is 12.1 Å². The Balaban J connectivity index is 0.000000339. The molecule has 31 heavy (non-hydrogen) atoms. The zero-order chi connectivity index (χ0) is 22.9. The zero-order valence-electron chi connectivity index (χ0n) is 16.7. The van der Waals surface area contributed by atoms with Crippen LogP contribution in [0, 0.1) is 13.8 Å². The van der Waals surface area contributed by atoms with Crippen LogP contribution in [-0.4, -0.2) is 57.6 Å². The number of carbonyl (C=O) groups is 3. The number of alkyl halides is 3. The van der Waals surface area contributed by atoms with Crippen molar-refractivity contribution in [1.29, 1.82) is 0 Å². The number of fused-ring (bicyclic) bond motifs is 1. The molecule has 0 bridgehead atoms. The van der Waals surface area contributed by atoms with Crippen molar-refractivity contribution in [2.75, 3.05) is 11.4 Å². The van der Waals surface area contributed by atoms with Gasteiger partial charge >= 0.3 is 12.1 Å². The molecule has 2 aromatic heterocycles. The van der Waals surface area contributed by atoms with Crippen LogP contribution in [0.2, 0.25) is 0 Å². The number of rotatable bonds is 2. The van der Waals surface area contributed by atoms with E-state index in [-0.39, 0.29) is 23.9 Å². The van der Waals surface area contributed by atoms with Gasteiger partial charge in [0.1, 0.15) is 11.5 Å². The summed E-state index contributed by atoms with van der Waals surface area (Å²) in [6, 6.07) is 5.44. The van der Waals surface area contributed by atoms with E-state index in [1.165, 1.54) is 0 Å². The zero-order valence-corrected chi connectivity index (χ0v) is 16.7. The van der Waals surface area contributed by atoms with Gasteiger partial charge in [0, 0.05) is 19.2 Å². The molecule has 2 saturated heterocycles. The molecule has 2 aliphatic rings. The van der Waals surface area contributed by atoms with Crippen LogP contribution in [-0.2, 0) is 9.59 Å². The number of nitrogens with zero attached hydrogens (tertiary/aromatic N) is 3. The highest BCUT2D eigenvalue weighted by Crippen LogP contribution is 2.36. The van der Waals surface area contributed by atoms with Crippen LogP contribution in [0.4, 0.5) is 18.9 Å². The molecule has 2 aromatic rings. The fourth-order valence-corrected chi connectivity index (χ4v) is 3.93. The minimum atomic E-state index is -5.08. The molecule has 0 aliphatic carbocycles. The second-order valence-corrected chi connectivity index (χ2v) is 7.23. The predicted octanol–water partition coefficient (Wildman–Crippen LogP) is 2.94. The lowest BCUT2D eigenvalue weighted by Gasteiger charge is -2.25. The van der Waals surface area contributed by atoms with Crippen molar-refractivity contribution in [1.82, 2.24) is 9.88 Å². The number of aryl methyl sites for hydroxylation is 2. The summed E-state index contributed by atoms with van der Waals surface area (Å²) in [4.78, 5) is 42.0. The van der Waals surface area contributed by atoms with E-state index in [1.807, 2.05) is 24.0 Å². The third kappa shape index (κ3) is 4.54. The van der Waals surface area contributed by atoms with Crippen molar-refractivity contribution in [3.8, 4) is 0 Å². The normalized spacial score (nSPS) is 20.4. The first kappa shape index (κ1) is 22.3.